The van der Waals surface area contributed by atoms with E-state index in [0.717, 1.165) is 0 Å². The van der Waals surface area contributed by atoms with E-state index in [4.69, 9.17) is 11.6 Å². The molecular formula is C14H15ClN6O. The number of benzene rings is 1. The van der Waals surface area contributed by atoms with Crippen LogP contribution in [0, 0.1) is 0 Å². The van der Waals surface area contributed by atoms with E-state index >= 15 is 0 Å². The van der Waals surface area contributed by atoms with Gasteiger partial charge < -0.3 is 5.11 Å². The summed E-state index contributed by atoms with van der Waals surface area (Å²) in [5, 5.41) is 24.3. The first-order chi connectivity index (χ1) is 10.6. The summed E-state index contributed by atoms with van der Waals surface area (Å²) in [5.41, 5.74) is -0.561. The second-order valence-electron chi connectivity index (χ2n) is 5.05. The minimum Gasteiger partial charge on any atom is -0.381 e. The molecule has 7 nitrogen and oxygen atoms in total. The van der Waals surface area contributed by atoms with E-state index in [1.165, 1.54) is 11.1 Å². The quantitative estimate of drug-likeness (QED) is 0.774. The third kappa shape index (κ3) is 2.72. The predicted molar refractivity (Wildman–Crippen MR) is 80.1 cm³/mol. The van der Waals surface area contributed by atoms with Crippen molar-refractivity contribution in [2.75, 3.05) is 0 Å². The molecule has 1 N–H and O–H groups in total. The second-order valence-corrected chi connectivity index (χ2v) is 5.49. The first kappa shape index (κ1) is 14.7. The summed E-state index contributed by atoms with van der Waals surface area (Å²) in [5.74, 6) is 0. The molecule has 0 spiro atoms. The highest BCUT2D eigenvalue weighted by atomic mass is 35.5. The fourth-order valence-corrected chi connectivity index (χ4v) is 2.51. The van der Waals surface area contributed by atoms with Gasteiger partial charge in [0.2, 0.25) is 0 Å². The van der Waals surface area contributed by atoms with E-state index < -0.39 is 11.6 Å². The van der Waals surface area contributed by atoms with Gasteiger partial charge in [0.25, 0.3) is 0 Å². The molecule has 2 heterocycles. The molecule has 3 aromatic rings. The molecule has 8 heteroatoms. The second kappa shape index (κ2) is 5.86. The molecule has 0 bridgehead atoms. The van der Waals surface area contributed by atoms with Crippen molar-refractivity contribution in [1.29, 1.82) is 0 Å². The topological polar surface area (TPSA) is 81.6 Å². The molecule has 2 aromatic heterocycles. The van der Waals surface area contributed by atoms with Crippen molar-refractivity contribution in [2.24, 2.45) is 0 Å². The summed E-state index contributed by atoms with van der Waals surface area (Å²) in [4.78, 5) is 5.40. The Morgan fingerprint density at radius 3 is 2.45 bits per heavy atom. The van der Waals surface area contributed by atoms with E-state index in [1.807, 2.05) is 6.92 Å². The van der Waals surface area contributed by atoms with Crippen molar-refractivity contribution in [3.8, 4) is 0 Å². The molecule has 0 amide bonds. The maximum Gasteiger partial charge on any atom is 0.137 e. The molecule has 1 aromatic carbocycles. The number of nitrogens with zero attached hydrogens (tertiary/aromatic N) is 6. The normalized spacial score (nSPS) is 15.4. The van der Waals surface area contributed by atoms with Gasteiger partial charge in [0.05, 0.1) is 18.9 Å². The summed E-state index contributed by atoms with van der Waals surface area (Å²) < 4.78 is 1.58. The van der Waals surface area contributed by atoms with Crippen LogP contribution in [0.1, 0.15) is 18.5 Å². The zero-order valence-electron chi connectivity index (χ0n) is 11.9. The fraction of sp³-hybridized carbons (Fsp3) is 0.286. The van der Waals surface area contributed by atoms with Crippen molar-refractivity contribution >= 4 is 11.6 Å². The lowest BCUT2D eigenvalue weighted by molar-refractivity contribution is -0.0385. The van der Waals surface area contributed by atoms with E-state index in [1.54, 1.807) is 47.7 Å². The Balaban J connectivity index is 2.02. The Hall–Kier alpha value is -2.25. The smallest absolute Gasteiger partial charge is 0.137 e. The van der Waals surface area contributed by atoms with Crippen LogP contribution in [-0.4, -0.2) is 34.9 Å². The molecule has 114 valence electrons. The van der Waals surface area contributed by atoms with Crippen LogP contribution in [0.5, 0.6) is 0 Å². The van der Waals surface area contributed by atoms with Gasteiger partial charge in [-0.2, -0.15) is 20.1 Å². The van der Waals surface area contributed by atoms with Crippen LogP contribution < -0.4 is 0 Å². The van der Waals surface area contributed by atoms with E-state index in [2.05, 4.69) is 20.3 Å². The Bertz CT molecular complexity index is 712. The molecule has 0 radical (unpaired) electrons. The van der Waals surface area contributed by atoms with Crippen LogP contribution in [0.15, 0.2) is 49.3 Å². The van der Waals surface area contributed by atoms with Gasteiger partial charge in [-0.1, -0.05) is 23.7 Å². The van der Waals surface area contributed by atoms with Gasteiger partial charge in [-0.25, -0.2) is 9.67 Å². The monoisotopic (exact) mass is 318 g/mol. The fourth-order valence-electron chi connectivity index (χ4n) is 2.38. The van der Waals surface area contributed by atoms with Gasteiger partial charge in [-0.15, -0.1) is 0 Å². The Morgan fingerprint density at radius 2 is 1.86 bits per heavy atom. The SMILES string of the molecule is C[C@@H](n1nccn1)[C@](O)(Cn1cncn1)c1ccc(Cl)cc1. The van der Waals surface area contributed by atoms with Gasteiger partial charge in [0.1, 0.15) is 24.3 Å². The van der Waals surface area contributed by atoms with Crippen LogP contribution in [-0.2, 0) is 12.1 Å². The average molecular weight is 319 g/mol. The molecule has 0 unspecified atom stereocenters. The van der Waals surface area contributed by atoms with Crippen LogP contribution in [0.25, 0.3) is 0 Å². The van der Waals surface area contributed by atoms with Gasteiger partial charge in [0.15, 0.2) is 0 Å². The summed E-state index contributed by atoms with van der Waals surface area (Å²) in [6.07, 6.45) is 6.14. The van der Waals surface area contributed by atoms with E-state index in [9.17, 15) is 5.11 Å². The van der Waals surface area contributed by atoms with Crippen LogP contribution in [0.3, 0.4) is 0 Å². The number of halogens is 1. The molecule has 0 aliphatic carbocycles. The number of rotatable bonds is 5. The van der Waals surface area contributed by atoms with Crippen molar-refractivity contribution in [3.05, 3.63) is 59.9 Å². The Labute approximate surface area is 132 Å². The lowest BCUT2D eigenvalue weighted by Gasteiger charge is -2.33. The minimum absolute atomic E-state index is 0.220. The summed E-state index contributed by atoms with van der Waals surface area (Å²) in [6, 6.07) is 6.66. The average Bonchev–Trinajstić information content (AvgIpc) is 3.20. The van der Waals surface area contributed by atoms with Gasteiger partial charge in [0, 0.05) is 5.02 Å². The lowest BCUT2D eigenvalue weighted by atomic mass is 9.87. The molecule has 0 aliphatic heterocycles. The molecule has 0 saturated carbocycles. The van der Waals surface area contributed by atoms with Gasteiger partial charge >= 0.3 is 0 Å². The van der Waals surface area contributed by atoms with Crippen molar-refractivity contribution in [1.82, 2.24) is 29.8 Å². The first-order valence-electron chi connectivity index (χ1n) is 6.76. The van der Waals surface area contributed by atoms with Crippen molar-refractivity contribution in [2.45, 2.75) is 25.1 Å². The predicted octanol–water partition coefficient (Wildman–Crippen LogP) is 1.67. The van der Waals surface area contributed by atoms with Crippen LogP contribution in [0.4, 0.5) is 0 Å². The van der Waals surface area contributed by atoms with Crippen molar-refractivity contribution < 1.29 is 5.11 Å². The van der Waals surface area contributed by atoms with Gasteiger partial charge in [-0.3, -0.25) is 0 Å². The number of aliphatic hydroxyl groups is 1. The van der Waals surface area contributed by atoms with E-state index in [0.29, 0.717) is 10.6 Å². The molecule has 22 heavy (non-hydrogen) atoms. The highest BCUT2D eigenvalue weighted by molar-refractivity contribution is 6.30. The molecule has 0 saturated heterocycles. The maximum atomic E-state index is 11.4. The zero-order valence-corrected chi connectivity index (χ0v) is 12.7. The third-order valence-corrected chi connectivity index (χ3v) is 3.94. The molecular weight excluding hydrogens is 304 g/mol. The van der Waals surface area contributed by atoms with Crippen molar-refractivity contribution in [3.63, 3.8) is 0 Å². The molecule has 0 aliphatic rings. The summed E-state index contributed by atoms with van der Waals surface area (Å²) in [6.45, 7) is 2.07. The summed E-state index contributed by atoms with van der Waals surface area (Å²) in [7, 11) is 0. The first-order valence-corrected chi connectivity index (χ1v) is 7.14. The van der Waals surface area contributed by atoms with Crippen LogP contribution >= 0.6 is 11.6 Å². The highest BCUT2D eigenvalue weighted by Crippen LogP contribution is 2.34. The number of hydrogen-bond acceptors (Lipinski definition) is 5. The number of aromatic nitrogens is 6. The molecule has 0 fully saturated rings. The number of hydrogen-bond donors (Lipinski definition) is 1. The lowest BCUT2D eigenvalue weighted by Crippen LogP contribution is -2.40. The highest BCUT2D eigenvalue weighted by Gasteiger charge is 2.39. The minimum atomic E-state index is -1.27. The van der Waals surface area contributed by atoms with Crippen LogP contribution in [0.2, 0.25) is 5.02 Å². The Kier molecular flexibility index (Phi) is 3.91. The zero-order chi connectivity index (χ0) is 15.6. The molecule has 3 rings (SSSR count). The van der Waals surface area contributed by atoms with E-state index in [-0.39, 0.29) is 6.54 Å². The maximum absolute atomic E-state index is 11.4. The summed E-state index contributed by atoms with van der Waals surface area (Å²) >= 11 is 5.94. The van der Waals surface area contributed by atoms with Gasteiger partial charge in [-0.05, 0) is 24.6 Å². The largest absolute Gasteiger partial charge is 0.381 e. The standard InChI is InChI=1S/C14H15ClN6O/c1-11(21-17-6-7-18-21)14(22,8-20-10-16-9-19-20)12-2-4-13(15)5-3-12/h2-7,9-11,22H,8H2,1H3/t11-,14-/m1/s1. The molecule has 2 atom stereocenters. The third-order valence-electron chi connectivity index (χ3n) is 3.69. The Morgan fingerprint density at radius 1 is 1.18 bits per heavy atom.